The van der Waals surface area contributed by atoms with Gasteiger partial charge in [0.1, 0.15) is 18.4 Å². The largest absolute Gasteiger partial charge is 0.488 e. The molecule has 0 aliphatic rings. The SMILES string of the molecule is CCCNC/C=C/COc1cccc([N+](=O)[O-])c1C#N. The Hall–Kier alpha value is -2.39. The summed E-state index contributed by atoms with van der Waals surface area (Å²) >= 11 is 0. The van der Waals surface area contributed by atoms with E-state index in [0.717, 1.165) is 19.5 Å². The third kappa shape index (κ3) is 4.71. The quantitative estimate of drug-likeness (QED) is 0.340. The van der Waals surface area contributed by atoms with Crippen LogP contribution in [0.2, 0.25) is 0 Å². The first-order valence-corrected chi connectivity index (χ1v) is 6.36. The van der Waals surface area contributed by atoms with Gasteiger partial charge in [0.25, 0.3) is 5.69 Å². The molecule has 1 N–H and O–H groups in total. The molecule has 1 aromatic carbocycles. The van der Waals surface area contributed by atoms with Crippen molar-refractivity contribution in [2.45, 2.75) is 13.3 Å². The van der Waals surface area contributed by atoms with Crippen LogP contribution in [0.5, 0.6) is 5.75 Å². The number of benzene rings is 1. The van der Waals surface area contributed by atoms with Crippen LogP contribution in [-0.4, -0.2) is 24.6 Å². The van der Waals surface area contributed by atoms with Crippen LogP contribution >= 0.6 is 0 Å². The van der Waals surface area contributed by atoms with Gasteiger partial charge in [-0.3, -0.25) is 10.1 Å². The maximum Gasteiger partial charge on any atom is 0.290 e. The molecule has 0 saturated heterocycles. The minimum absolute atomic E-state index is 0.0463. The maximum absolute atomic E-state index is 10.8. The summed E-state index contributed by atoms with van der Waals surface area (Å²) in [7, 11) is 0. The van der Waals surface area contributed by atoms with Gasteiger partial charge in [0.2, 0.25) is 0 Å². The van der Waals surface area contributed by atoms with Gasteiger partial charge in [0.15, 0.2) is 5.56 Å². The zero-order valence-electron chi connectivity index (χ0n) is 11.3. The van der Waals surface area contributed by atoms with Crippen molar-refractivity contribution in [1.29, 1.82) is 5.26 Å². The smallest absolute Gasteiger partial charge is 0.290 e. The Morgan fingerprint density at radius 2 is 2.30 bits per heavy atom. The summed E-state index contributed by atoms with van der Waals surface area (Å²) < 4.78 is 5.38. The Morgan fingerprint density at radius 1 is 1.50 bits per heavy atom. The van der Waals surface area contributed by atoms with E-state index in [4.69, 9.17) is 10.00 Å². The summed E-state index contributed by atoms with van der Waals surface area (Å²) in [5.41, 5.74) is -0.284. The third-order valence-corrected chi connectivity index (χ3v) is 2.50. The third-order valence-electron chi connectivity index (χ3n) is 2.50. The van der Waals surface area contributed by atoms with E-state index in [1.54, 1.807) is 6.07 Å². The minimum Gasteiger partial charge on any atom is -0.488 e. The Balaban J connectivity index is 2.58. The normalized spacial score (nSPS) is 10.4. The second-order valence-corrected chi connectivity index (χ2v) is 4.01. The molecular formula is C14H17N3O3. The maximum atomic E-state index is 10.8. The summed E-state index contributed by atoms with van der Waals surface area (Å²) in [6.07, 6.45) is 4.80. The number of nitro benzene ring substituents is 1. The summed E-state index contributed by atoms with van der Waals surface area (Å²) in [6, 6.07) is 6.15. The number of nitrogens with zero attached hydrogens (tertiary/aromatic N) is 2. The fourth-order valence-electron chi connectivity index (χ4n) is 1.56. The van der Waals surface area contributed by atoms with E-state index in [0.29, 0.717) is 0 Å². The lowest BCUT2D eigenvalue weighted by molar-refractivity contribution is -0.385. The van der Waals surface area contributed by atoms with Gasteiger partial charge in [-0.05, 0) is 19.0 Å². The molecule has 1 rings (SSSR count). The van der Waals surface area contributed by atoms with Crippen LogP contribution in [0, 0.1) is 21.4 Å². The minimum atomic E-state index is -0.587. The van der Waals surface area contributed by atoms with Crippen molar-refractivity contribution < 1.29 is 9.66 Å². The van der Waals surface area contributed by atoms with Crippen molar-refractivity contribution in [3.05, 3.63) is 46.0 Å². The van der Waals surface area contributed by atoms with Crippen molar-refractivity contribution in [3.63, 3.8) is 0 Å². The highest BCUT2D eigenvalue weighted by molar-refractivity contribution is 5.56. The van der Waals surface area contributed by atoms with Crippen molar-refractivity contribution in [1.82, 2.24) is 5.32 Å². The average Bonchev–Trinajstić information content (AvgIpc) is 2.45. The molecule has 0 amide bonds. The number of rotatable bonds is 8. The summed E-state index contributed by atoms with van der Waals surface area (Å²) in [5, 5.41) is 23.0. The molecule has 0 heterocycles. The highest BCUT2D eigenvalue weighted by atomic mass is 16.6. The fourth-order valence-corrected chi connectivity index (χ4v) is 1.56. The highest BCUT2D eigenvalue weighted by Gasteiger charge is 2.17. The highest BCUT2D eigenvalue weighted by Crippen LogP contribution is 2.27. The molecule has 0 aromatic heterocycles. The second-order valence-electron chi connectivity index (χ2n) is 4.01. The van der Waals surface area contributed by atoms with Crippen molar-refractivity contribution in [2.75, 3.05) is 19.7 Å². The first-order chi connectivity index (χ1) is 9.70. The molecule has 20 heavy (non-hydrogen) atoms. The van der Waals surface area contributed by atoms with Crippen LogP contribution in [0.4, 0.5) is 5.69 Å². The lowest BCUT2D eigenvalue weighted by Crippen LogP contribution is -2.14. The summed E-state index contributed by atoms with van der Waals surface area (Å²) in [5.74, 6) is 0.230. The topological polar surface area (TPSA) is 88.2 Å². The van der Waals surface area contributed by atoms with Gasteiger partial charge in [-0.15, -0.1) is 0 Å². The summed E-state index contributed by atoms with van der Waals surface area (Å²) in [4.78, 5) is 10.2. The van der Waals surface area contributed by atoms with Crippen LogP contribution < -0.4 is 10.1 Å². The van der Waals surface area contributed by atoms with E-state index in [9.17, 15) is 10.1 Å². The van der Waals surface area contributed by atoms with Crippen molar-refractivity contribution in [3.8, 4) is 11.8 Å². The van der Waals surface area contributed by atoms with Gasteiger partial charge in [0, 0.05) is 12.6 Å². The Morgan fingerprint density at radius 3 is 2.95 bits per heavy atom. The molecule has 6 heteroatoms. The predicted molar refractivity (Wildman–Crippen MR) is 75.6 cm³/mol. The number of nitrogens with one attached hydrogen (secondary N) is 1. The van der Waals surface area contributed by atoms with Gasteiger partial charge < -0.3 is 10.1 Å². The first kappa shape index (κ1) is 15.7. The molecule has 0 aliphatic carbocycles. The molecule has 0 radical (unpaired) electrons. The zero-order chi connectivity index (χ0) is 14.8. The van der Waals surface area contributed by atoms with E-state index in [1.165, 1.54) is 12.1 Å². The van der Waals surface area contributed by atoms with Crippen LogP contribution in [-0.2, 0) is 0 Å². The molecule has 106 valence electrons. The molecule has 0 atom stereocenters. The second kappa shape index (κ2) is 8.67. The first-order valence-electron chi connectivity index (χ1n) is 6.36. The fraction of sp³-hybridized carbons (Fsp3) is 0.357. The van der Waals surface area contributed by atoms with Crippen molar-refractivity contribution in [2.24, 2.45) is 0 Å². The van der Waals surface area contributed by atoms with Crippen LogP contribution in [0.25, 0.3) is 0 Å². The van der Waals surface area contributed by atoms with E-state index >= 15 is 0 Å². The molecule has 0 aliphatic heterocycles. The Labute approximate surface area is 117 Å². The van der Waals surface area contributed by atoms with Gasteiger partial charge in [0.05, 0.1) is 4.92 Å². The number of nitriles is 1. The molecule has 1 aromatic rings. The Kier molecular flexibility index (Phi) is 6.79. The molecule has 0 bridgehead atoms. The van der Waals surface area contributed by atoms with E-state index < -0.39 is 4.92 Å². The lowest BCUT2D eigenvalue weighted by atomic mass is 10.2. The van der Waals surface area contributed by atoms with Gasteiger partial charge in [-0.2, -0.15) is 5.26 Å². The molecule has 0 fully saturated rings. The van der Waals surface area contributed by atoms with Gasteiger partial charge in [-0.1, -0.05) is 25.1 Å². The zero-order valence-corrected chi connectivity index (χ0v) is 11.3. The summed E-state index contributed by atoms with van der Waals surface area (Å²) in [6.45, 7) is 4.06. The average molecular weight is 275 g/mol. The van der Waals surface area contributed by atoms with Crippen LogP contribution in [0.15, 0.2) is 30.4 Å². The van der Waals surface area contributed by atoms with Crippen molar-refractivity contribution >= 4 is 5.69 Å². The molecule has 0 saturated carbocycles. The van der Waals surface area contributed by atoms with Crippen LogP contribution in [0.1, 0.15) is 18.9 Å². The Bertz CT molecular complexity index is 521. The van der Waals surface area contributed by atoms with Gasteiger partial charge >= 0.3 is 0 Å². The van der Waals surface area contributed by atoms with E-state index in [1.807, 2.05) is 18.2 Å². The van der Waals surface area contributed by atoms with Gasteiger partial charge in [-0.25, -0.2) is 0 Å². The molecular weight excluding hydrogens is 258 g/mol. The number of hydrogen-bond donors (Lipinski definition) is 1. The molecule has 0 unspecified atom stereocenters. The number of nitro groups is 1. The predicted octanol–water partition coefficient (Wildman–Crippen LogP) is 2.40. The number of ether oxygens (including phenoxy) is 1. The monoisotopic (exact) mass is 275 g/mol. The molecule has 0 spiro atoms. The van der Waals surface area contributed by atoms with E-state index in [2.05, 4.69) is 12.2 Å². The standard InChI is InChI=1S/C14H17N3O3/c1-2-8-16-9-3-4-10-20-14-7-5-6-13(17(18)19)12(14)11-15/h3-7,16H,2,8-10H2,1H3/b4-3+. The number of hydrogen-bond acceptors (Lipinski definition) is 5. The van der Waals surface area contributed by atoms with E-state index in [-0.39, 0.29) is 23.6 Å². The lowest BCUT2D eigenvalue weighted by Gasteiger charge is -2.05. The molecule has 6 nitrogen and oxygen atoms in total. The van der Waals surface area contributed by atoms with Crippen LogP contribution in [0.3, 0.4) is 0 Å².